The highest BCUT2D eigenvalue weighted by Crippen LogP contribution is 2.06. The van der Waals surface area contributed by atoms with Crippen LogP contribution < -0.4 is 10.6 Å². The third-order valence-electron chi connectivity index (χ3n) is 2.19. The van der Waals surface area contributed by atoms with E-state index in [1.165, 1.54) is 6.33 Å². The quantitative estimate of drug-likeness (QED) is 0.784. The molecular formula is C13H21FN4O2. The number of nitrogens with one attached hydrogen (secondary N) is 2. The standard InChI is InChI=1S/C13H21FN4O2/c1-13(2,3)20-12(19)16-6-4-5-15-11-7-10(8-14)17-9-18-11/h7,9H,4-6,8H2,1-3H3,(H,16,19)(H,15,17,18). The zero-order valence-electron chi connectivity index (χ0n) is 12.1. The number of hydrogen-bond donors (Lipinski definition) is 2. The molecule has 0 aliphatic carbocycles. The third-order valence-corrected chi connectivity index (χ3v) is 2.19. The summed E-state index contributed by atoms with van der Waals surface area (Å²) in [6.45, 7) is 5.92. The number of rotatable bonds is 6. The predicted molar refractivity (Wildman–Crippen MR) is 74.2 cm³/mol. The molecule has 1 aromatic heterocycles. The smallest absolute Gasteiger partial charge is 0.407 e. The number of carbonyl (C=O) groups is 1. The molecule has 0 aliphatic rings. The summed E-state index contributed by atoms with van der Waals surface area (Å²) in [5.74, 6) is 0.574. The minimum absolute atomic E-state index is 0.342. The van der Waals surface area contributed by atoms with Crippen LogP contribution in [0, 0.1) is 0 Å². The second-order valence-electron chi connectivity index (χ2n) is 5.24. The van der Waals surface area contributed by atoms with E-state index in [-0.39, 0.29) is 0 Å². The number of nitrogens with zero attached hydrogens (tertiary/aromatic N) is 2. The Balaban J connectivity index is 2.17. The fraction of sp³-hybridized carbons (Fsp3) is 0.615. The molecule has 0 fully saturated rings. The number of alkyl carbamates (subject to hydrolysis) is 1. The van der Waals surface area contributed by atoms with Crippen molar-refractivity contribution in [3.05, 3.63) is 18.1 Å². The van der Waals surface area contributed by atoms with Gasteiger partial charge in [0.15, 0.2) is 0 Å². The summed E-state index contributed by atoms with van der Waals surface area (Å²) in [4.78, 5) is 19.1. The summed E-state index contributed by atoms with van der Waals surface area (Å²) in [5, 5.41) is 5.69. The molecule has 7 heteroatoms. The molecule has 2 N–H and O–H groups in total. The lowest BCUT2D eigenvalue weighted by atomic mass is 10.2. The summed E-state index contributed by atoms with van der Waals surface area (Å²) in [7, 11) is 0. The highest BCUT2D eigenvalue weighted by Gasteiger charge is 2.15. The molecule has 1 rings (SSSR count). The fourth-order valence-corrected chi connectivity index (χ4v) is 1.38. The van der Waals surface area contributed by atoms with E-state index in [0.29, 0.717) is 31.0 Å². The molecular weight excluding hydrogens is 263 g/mol. The number of anilines is 1. The van der Waals surface area contributed by atoms with Crippen molar-refractivity contribution in [1.29, 1.82) is 0 Å². The van der Waals surface area contributed by atoms with Crippen molar-refractivity contribution < 1.29 is 13.9 Å². The number of ether oxygens (including phenoxy) is 1. The van der Waals surface area contributed by atoms with Gasteiger partial charge in [-0.05, 0) is 27.2 Å². The van der Waals surface area contributed by atoms with Crippen molar-refractivity contribution in [2.45, 2.75) is 39.5 Å². The molecule has 1 heterocycles. The van der Waals surface area contributed by atoms with Crippen LogP contribution >= 0.6 is 0 Å². The van der Waals surface area contributed by atoms with Crippen molar-refractivity contribution >= 4 is 11.9 Å². The second kappa shape index (κ2) is 7.62. The van der Waals surface area contributed by atoms with E-state index in [0.717, 1.165) is 0 Å². The maximum atomic E-state index is 12.4. The van der Waals surface area contributed by atoms with Crippen LogP contribution in [0.3, 0.4) is 0 Å². The molecule has 0 unspecified atom stereocenters. The van der Waals surface area contributed by atoms with Gasteiger partial charge in [-0.3, -0.25) is 0 Å². The molecule has 1 aromatic rings. The summed E-state index contributed by atoms with van der Waals surface area (Å²) < 4.78 is 17.5. The van der Waals surface area contributed by atoms with E-state index in [1.807, 2.05) is 20.8 Å². The average molecular weight is 284 g/mol. The third kappa shape index (κ3) is 6.86. The second-order valence-corrected chi connectivity index (χ2v) is 5.24. The summed E-state index contributed by atoms with van der Waals surface area (Å²) in [6, 6.07) is 1.56. The van der Waals surface area contributed by atoms with E-state index in [1.54, 1.807) is 6.07 Å². The van der Waals surface area contributed by atoms with Gasteiger partial charge in [-0.15, -0.1) is 0 Å². The number of halogens is 1. The zero-order valence-corrected chi connectivity index (χ0v) is 12.1. The van der Waals surface area contributed by atoms with E-state index in [2.05, 4.69) is 20.6 Å². The Morgan fingerprint density at radius 3 is 2.75 bits per heavy atom. The monoisotopic (exact) mass is 284 g/mol. The van der Waals surface area contributed by atoms with E-state index in [9.17, 15) is 9.18 Å². The number of amides is 1. The van der Waals surface area contributed by atoms with Crippen LogP contribution in [-0.4, -0.2) is 34.8 Å². The molecule has 0 aromatic carbocycles. The van der Waals surface area contributed by atoms with Gasteiger partial charge in [0.25, 0.3) is 0 Å². The summed E-state index contributed by atoms with van der Waals surface area (Å²) in [6.07, 6.45) is 1.59. The van der Waals surface area contributed by atoms with E-state index in [4.69, 9.17) is 4.74 Å². The van der Waals surface area contributed by atoms with Crippen LogP contribution in [-0.2, 0) is 11.4 Å². The first kappa shape index (κ1) is 16.1. The van der Waals surface area contributed by atoms with Crippen LogP contribution in [0.4, 0.5) is 15.0 Å². The Morgan fingerprint density at radius 1 is 1.35 bits per heavy atom. The molecule has 0 saturated heterocycles. The van der Waals surface area contributed by atoms with Crippen LogP contribution in [0.1, 0.15) is 32.9 Å². The van der Waals surface area contributed by atoms with Gasteiger partial charge >= 0.3 is 6.09 Å². The first-order valence-electron chi connectivity index (χ1n) is 6.48. The van der Waals surface area contributed by atoms with E-state index < -0.39 is 18.4 Å². The van der Waals surface area contributed by atoms with E-state index >= 15 is 0 Å². The largest absolute Gasteiger partial charge is 0.444 e. The molecule has 112 valence electrons. The average Bonchev–Trinajstić information content (AvgIpc) is 2.36. The van der Waals surface area contributed by atoms with Crippen LogP contribution in [0.25, 0.3) is 0 Å². The van der Waals surface area contributed by atoms with Crippen LogP contribution in [0.2, 0.25) is 0 Å². The predicted octanol–water partition coefficient (Wildman–Crippen LogP) is 2.27. The molecule has 0 saturated carbocycles. The maximum Gasteiger partial charge on any atom is 0.407 e. The SMILES string of the molecule is CC(C)(C)OC(=O)NCCCNc1cc(CF)ncn1. The fourth-order valence-electron chi connectivity index (χ4n) is 1.38. The molecule has 0 radical (unpaired) electrons. The Kier molecular flexibility index (Phi) is 6.14. The van der Waals surface area contributed by atoms with Gasteiger partial charge in [-0.2, -0.15) is 0 Å². The molecule has 0 spiro atoms. The Bertz CT molecular complexity index is 435. The molecule has 20 heavy (non-hydrogen) atoms. The Hall–Kier alpha value is -1.92. The highest BCUT2D eigenvalue weighted by atomic mass is 19.1. The Morgan fingerprint density at radius 2 is 2.10 bits per heavy atom. The highest BCUT2D eigenvalue weighted by molar-refractivity contribution is 5.67. The van der Waals surface area contributed by atoms with Crippen molar-refractivity contribution in [2.24, 2.45) is 0 Å². The molecule has 0 aliphatic heterocycles. The van der Waals surface area contributed by atoms with Crippen molar-refractivity contribution in [1.82, 2.24) is 15.3 Å². The lowest BCUT2D eigenvalue weighted by molar-refractivity contribution is 0.0528. The maximum absolute atomic E-state index is 12.4. The van der Waals surface area contributed by atoms with Crippen molar-refractivity contribution in [3.8, 4) is 0 Å². The molecule has 1 amide bonds. The number of aromatic nitrogens is 2. The van der Waals surface area contributed by atoms with Gasteiger partial charge in [0.1, 0.15) is 24.4 Å². The zero-order chi connectivity index (χ0) is 15.0. The first-order valence-corrected chi connectivity index (χ1v) is 6.48. The first-order chi connectivity index (χ1) is 9.40. The van der Waals surface area contributed by atoms with Gasteiger partial charge in [0, 0.05) is 19.2 Å². The lowest BCUT2D eigenvalue weighted by Crippen LogP contribution is -2.33. The Labute approximate surface area is 118 Å². The van der Waals surface area contributed by atoms with Gasteiger partial charge in [-0.1, -0.05) is 0 Å². The minimum atomic E-state index is -0.614. The molecule has 6 nitrogen and oxygen atoms in total. The molecule has 0 atom stereocenters. The van der Waals surface area contributed by atoms with Gasteiger partial charge in [-0.25, -0.2) is 19.2 Å². The number of alkyl halides is 1. The summed E-state index contributed by atoms with van der Waals surface area (Å²) >= 11 is 0. The van der Waals surface area contributed by atoms with Gasteiger partial charge in [0.2, 0.25) is 0 Å². The van der Waals surface area contributed by atoms with Crippen molar-refractivity contribution in [3.63, 3.8) is 0 Å². The number of hydrogen-bond acceptors (Lipinski definition) is 5. The van der Waals surface area contributed by atoms with Gasteiger partial charge in [0.05, 0.1) is 5.69 Å². The normalized spacial score (nSPS) is 11.0. The van der Waals surface area contributed by atoms with Crippen molar-refractivity contribution in [2.75, 3.05) is 18.4 Å². The topological polar surface area (TPSA) is 76.1 Å². The van der Waals surface area contributed by atoms with Gasteiger partial charge < -0.3 is 15.4 Å². The summed E-state index contributed by atoms with van der Waals surface area (Å²) in [5.41, 5.74) is -0.152. The minimum Gasteiger partial charge on any atom is -0.444 e. The molecule has 0 bridgehead atoms. The van der Waals surface area contributed by atoms with Crippen LogP contribution in [0.5, 0.6) is 0 Å². The number of carbonyl (C=O) groups excluding carboxylic acids is 1. The van der Waals surface area contributed by atoms with Crippen LogP contribution in [0.15, 0.2) is 12.4 Å². The lowest BCUT2D eigenvalue weighted by Gasteiger charge is -2.19.